The van der Waals surface area contributed by atoms with E-state index < -0.39 is 0 Å². The molecule has 3 heterocycles. The first-order valence-corrected chi connectivity index (χ1v) is 8.26. The highest BCUT2D eigenvalue weighted by molar-refractivity contribution is 5.97. The zero-order chi connectivity index (χ0) is 16.6. The molecule has 1 saturated heterocycles. The normalized spacial score (nSPS) is 25.0. The lowest BCUT2D eigenvalue weighted by atomic mass is 10.1. The van der Waals surface area contributed by atoms with Crippen LogP contribution in [0.3, 0.4) is 0 Å². The fourth-order valence-electron chi connectivity index (χ4n) is 3.38. The number of pyridine rings is 1. The minimum Gasteiger partial charge on any atom is -0.379 e. The van der Waals surface area contributed by atoms with Gasteiger partial charge in [-0.25, -0.2) is 9.37 Å². The first-order valence-electron chi connectivity index (χ1n) is 8.26. The van der Waals surface area contributed by atoms with Crippen LogP contribution in [0.1, 0.15) is 18.9 Å². The van der Waals surface area contributed by atoms with Gasteiger partial charge in [0.05, 0.1) is 18.3 Å². The van der Waals surface area contributed by atoms with Gasteiger partial charge in [-0.2, -0.15) is 0 Å². The maximum atomic E-state index is 13.3. The molecule has 0 bridgehead atoms. The molecule has 124 valence electrons. The molecule has 1 aromatic heterocycles. The van der Waals surface area contributed by atoms with Crippen molar-refractivity contribution in [2.75, 3.05) is 25.1 Å². The molecular formula is C18H20FN4O+. The van der Waals surface area contributed by atoms with E-state index in [2.05, 4.69) is 17.2 Å². The molecule has 1 N–H and O–H groups in total. The lowest BCUT2D eigenvalue weighted by Crippen LogP contribution is -2.37. The van der Waals surface area contributed by atoms with E-state index in [1.54, 1.807) is 18.3 Å². The van der Waals surface area contributed by atoms with Crippen molar-refractivity contribution in [1.29, 1.82) is 0 Å². The minimum atomic E-state index is -0.249. The van der Waals surface area contributed by atoms with Crippen LogP contribution >= 0.6 is 0 Å². The summed E-state index contributed by atoms with van der Waals surface area (Å²) in [6.07, 6.45) is 4.67. The predicted molar refractivity (Wildman–Crippen MR) is 93.1 cm³/mol. The molecule has 0 radical (unpaired) electrons. The molecule has 2 aliphatic rings. The highest BCUT2D eigenvalue weighted by Gasteiger charge is 2.41. The van der Waals surface area contributed by atoms with Crippen LogP contribution < -0.4 is 9.91 Å². The number of nitrogens with one attached hydrogen (secondary N) is 1. The monoisotopic (exact) mass is 327 g/mol. The van der Waals surface area contributed by atoms with Gasteiger partial charge >= 0.3 is 0 Å². The number of aromatic nitrogens is 1. The minimum absolute atomic E-state index is 0.249. The first kappa shape index (κ1) is 15.2. The summed E-state index contributed by atoms with van der Waals surface area (Å²) < 4.78 is 19.0. The highest BCUT2D eigenvalue weighted by Crippen LogP contribution is 2.41. The number of anilines is 1. The quantitative estimate of drug-likeness (QED) is 0.875. The third kappa shape index (κ3) is 2.39. The number of nitrogens with zero attached hydrogens (tertiary/aromatic N) is 3. The standard InChI is InChI=1S/C18H20FN4O/c1-2-23(15-5-3-13(19)4-6-15)18-16(11-21-23)17(7-9-20-18)22-14-8-10-24-12-14/h3-7,9,11,14H,2,8,10,12H2,1H3,(H,20,22)/q+1/t14-,23?/m1/s1. The van der Waals surface area contributed by atoms with Crippen molar-refractivity contribution in [2.24, 2.45) is 5.10 Å². The fraction of sp³-hybridized carbons (Fsp3) is 0.333. The van der Waals surface area contributed by atoms with E-state index in [1.807, 2.05) is 12.3 Å². The lowest BCUT2D eigenvalue weighted by molar-refractivity contribution is 0.195. The summed E-state index contributed by atoms with van der Waals surface area (Å²) in [4.78, 5) is 4.60. The van der Waals surface area contributed by atoms with Gasteiger partial charge in [-0.15, -0.1) is 4.59 Å². The fourth-order valence-corrected chi connectivity index (χ4v) is 3.38. The van der Waals surface area contributed by atoms with Crippen molar-refractivity contribution < 1.29 is 9.13 Å². The van der Waals surface area contributed by atoms with Crippen molar-refractivity contribution in [2.45, 2.75) is 19.4 Å². The largest absolute Gasteiger partial charge is 0.379 e. The van der Waals surface area contributed by atoms with Gasteiger partial charge in [0.25, 0.3) is 5.82 Å². The number of quaternary nitrogens is 1. The zero-order valence-corrected chi connectivity index (χ0v) is 13.6. The first-order chi connectivity index (χ1) is 11.7. The summed E-state index contributed by atoms with van der Waals surface area (Å²) in [5.74, 6) is 0.619. The van der Waals surface area contributed by atoms with E-state index in [1.165, 1.54) is 12.1 Å². The maximum absolute atomic E-state index is 13.3. The Morgan fingerprint density at radius 3 is 2.83 bits per heavy atom. The Bertz CT molecular complexity index is 771. The summed E-state index contributed by atoms with van der Waals surface area (Å²) in [5, 5.41) is 8.28. The van der Waals surface area contributed by atoms with Crippen molar-refractivity contribution in [3.63, 3.8) is 0 Å². The molecule has 1 fully saturated rings. The smallest absolute Gasteiger partial charge is 0.270 e. The van der Waals surface area contributed by atoms with Gasteiger partial charge in [-0.3, -0.25) is 0 Å². The summed E-state index contributed by atoms with van der Waals surface area (Å²) in [5.41, 5.74) is 2.92. The number of ether oxygens (including phenoxy) is 1. The molecule has 2 atom stereocenters. The Kier molecular flexibility index (Phi) is 3.78. The highest BCUT2D eigenvalue weighted by atomic mass is 19.1. The molecule has 1 aromatic carbocycles. The summed E-state index contributed by atoms with van der Waals surface area (Å²) in [7, 11) is 0. The van der Waals surface area contributed by atoms with Crippen molar-refractivity contribution >= 4 is 23.4 Å². The van der Waals surface area contributed by atoms with E-state index in [4.69, 9.17) is 9.84 Å². The number of hydrogen-bond donors (Lipinski definition) is 1. The van der Waals surface area contributed by atoms with Crippen LogP contribution in [0.15, 0.2) is 41.6 Å². The van der Waals surface area contributed by atoms with Gasteiger partial charge in [0.1, 0.15) is 24.1 Å². The predicted octanol–water partition coefficient (Wildman–Crippen LogP) is 3.43. The number of fused-ring (bicyclic) bond motifs is 1. The zero-order valence-electron chi connectivity index (χ0n) is 13.6. The maximum Gasteiger partial charge on any atom is 0.270 e. The lowest BCUT2D eigenvalue weighted by Gasteiger charge is -2.26. The number of hydrogen-bond acceptors (Lipinski definition) is 4. The second kappa shape index (κ2) is 5.96. The van der Waals surface area contributed by atoms with Crippen LogP contribution in [0.2, 0.25) is 0 Å². The summed E-state index contributed by atoms with van der Waals surface area (Å²) >= 11 is 0. The van der Waals surface area contributed by atoms with E-state index in [0.717, 1.165) is 42.4 Å². The molecular weight excluding hydrogens is 307 g/mol. The molecule has 1 unspecified atom stereocenters. The second-order valence-corrected chi connectivity index (χ2v) is 6.11. The molecule has 4 rings (SSSR count). The number of rotatable bonds is 4. The Hall–Kier alpha value is -2.31. The molecule has 5 nitrogen and oxygen atoms in total. The third-order valence-electron chi connectivity index (χ3n) is 4.70. The molecule has 2 aliphatic heterocycles. The molecule has 2 aromatic rings. The number of benzene rings is 1. The van der Waals surface area contributed by atoms with Crippen molar-refractivity contribution in [3.8, 4) is 0 Å². The van der Waals surface area contributed by atoms with E-state index in [-0.39, 0.29) is 10.4 Å². The van der Waals surface area contributed by atoms with Crippen molar-refractivity contribution in [1.82, 2.24) is 9.58 Å². The van der Waals surface area contributed by atoms with Crippen LogP contribution in [0.25, 0.3) is 0 Å². The van der Waals surface area contributed by atoms with E-state index >= 15 is 0 Å². The Balaban J connectivity index is 1.75. The Morgan fingerprint density at radius 1 is 1.29 bits per heavy atom. The Morgan fingerprint density at radius 2 is 2.12 bits per heavy atom. The van der Waals surface area contributed by atoms with Crippen LogP contribution in [-0.2, 0) is 4.74 Å². The average molecular weight is 327 g/mol. The molecule has 0 aliphatic carbocycles. The third-order valence-corrected chi connectivity index (χ3v) is 4.70. The topological polar surface area (TPSA) is 46.5 Å². The Labute approximate surface area is 140 Å². The van der Waals surface area contributed by atoms with Crippen LogP contribution in [0, 0.1) is 5.82 Å². The molecule has 6 heteroatoms. The summed E-state index contributed by atoms with van der Waals surface area (Å²) in [6, 6.07) is 8.78. The van der Waals surface area contributed by atoms with E-state index in [0.29, 0.717) is 12.6 Å². The summed E-state index contributed by atoms with van der Waals surface area (Å²) in [6.45, 7) is 4.28. The van der Waals surface area contributed by atoms with Gasteiger partial charge in [0, 0.05) is 24.9 Å². The van der Waals surface area contributed by atoms with Gasteiger partial charge in [0.2, 0.25) is 0 Å². The molecule has 0 amide bonds. The van der Waals surface area contributed by atoms with Gasteiger partial charge in [0.15, 0.2) is 5.69 Å². The second-order valence-electron chi connectivity index (χ2n) is 6.11. The van der Waals surface area contributed by atoms with Gasteiger partial charge in [-0.05, 0) is 31.5 Å². The van der Waals surface area contributed by atoms with Crippen LogP contribution in [-0.4, -0.2) is 37.0 Å². The SMILES string of the molecule is CC[N+]1(c2ccc(F)cc2)N=Cc2c(N[C@@H]3CCOC3)ccnc21. The average Bonchev–Trinajstić information content (AvgIpc) is 3.24. The van der Waals surface area contributed by atoms with Gasteiger partial charge in [-0.1, -0.05) is 5.10 Å². The van der Waals surface area contributed by atoms with Crippen molar-refractivity contribution in [3.05, 3.63) is 47.9 Å². The molecule has 0 saturated carbocycles. The molecule has 24 heavy (non-hydrogen) atoms. The van der Waals surface area contributed by atoms with E-state index in [9.17, 15) is 4.39 Å². The van der Waals surface area contributed by atoms with Crippen LogP contribution in [0.4, 0.5) is 21.6 Å². The number of halogens is 1. The van der Waals surface area contributed by atoms with Gasteiger partial charge < -0.3 is 10.1 Å². The molecule has 0 spiro atoms. The van der Waals surface area contributed by atoms with Crippen LogP contribution in [0.5, 0.6) is 0 Å².